The first-order valence-corrected chi connectivity index (χ1v) is 6.45. The first-order chi connectivity index (χ1) is 8.69. The summed E-state index contributed by atoms with van der Waals surface area (Å²) in [6, 6.07) is 12.4. The fraction of sp³-hybridized carbons (Fsp3) is 0.143. The first kappa shape index (κ1) is 12.6. The lowest BCUT2D eigenvalue weighted by atomic mass is 10.2. The second kappa shape index (κ2) is 5.69. The number of methoxy groups -OCH3 is 1. The van der Waals surface area contributed by atoms with Crippen LogP contribution in [0, 0.1) is 0 Å². The zero-order valence-corrected chi connectivity index (χ0v) is 10.8. The molecule has 0 saturated heterocycles. The molecule has 0 saturated carbocycles. The molecule has 18 heavy (non-hydrogen) atoms. The molecule has 0 aliphatic carbocycles. The van der Waals surface area contributed by atoms with Gasteiger partial charge in [0, 0.05) is 22.3 Å². The normalized spacial score (nSPS) is 10.3. The van der Waals surface area contributed by atoms with Crippen molar-refractivity contribution in [1.29, 1.82) is 0 Å². The molecule has 2 N–H and O–H groups in total. The fourth-order valence-corrected chi connectivity index (χ4v) is 2.40. The molecule has 0 radical (unpaired) electrons. The monoisotopic (exact) mass is 262 g/mol. The fourth-order valence-electron chi connectivity index (χ4n) is 1.51. The van der Waals surface area contributed by atoms with Crippen LogP contribution < -0.4 is 4.74 Å². The number of ether oxygens (including phenoxy) is 1. The van der Waals surface area contributed by atoms with Gasteiger partial charge < -0.3 is 14.9 Å². The summed E-state index contributed by atoms with van der Waals surface area (Å²) in [5.41, 5.74) is 0.800. The average molecular weight is 262 g/mol. The minimum Gasteiger partial charge on any atom is -0.508 e. The van der Waals surface area contributed by atoms with Crippen molar-refractivity contribution in [2.24, 2.45) is 0 Å². The van der Waals surface area contributed by atoms with Crippen LogP contribution in [0.15, 0.2) is 47.4 Å². The molecule has 0 fully saturated rings. The van der Waals surface area contributed by atoms with Gasteiger partial charge in [0.1, 0.15) is 17.2 Å². The van der Waals surface area contributed by atoms with Gasteiger partial charge in [-0.15, -0.1) is 11.8 Å². The Hall–Kier alpha value is -1.81. The van der Waals surface area contributed by atoms with E-state index in [1.54, 1.807) is 31.0 Å². The Balaban J connectivity index is 2.02. The van der Waals surface area contributed by atoms with Crippen LogP contribution in [0.4, 0.5) is 0 Å². The van der Waals surface area contributed by atoms with E-state index in [1.807, 2.05) is 24.3 Å². The molecule has 94 valence electrons. The van der Waals surface area contributed by atoms with Crippen LogP contribution in [0.2, 0.25) is 0 Å². The van der Waals surface area contributed by atoms with E-state index in [0.29, 0.717) is 5.75 Å². The predicted molar refractivity (Wildman–Crippen MR) is 72.3 cm³/mol. The molecule has 0 aliphatic heterocycles. The Morgan fingerprint density at radius 3 is 2.39 bits per heavy atom. The summed E-state index contributed by atoms with van der Waals surface area (Å²) in [7, 11) is 1.64. The zero-order chi connectivity index (χ0) is 13.0. The number of phenolic OH excluding ortho intramolecular Hbond substituents is 2. The lowest BCUT2D eigenvalue weighted by molar-refractivity contribution is 0.414. The van der Waals surface area contributed by atoms with E-state index in [-0.39, 0.29) is 11.5 Å². The second-order valence-electron chi connectivity index (χ2n) is 3.78. The zero-order valence-electron chi connectivity index (χ0n) is 9.96. The number of rotatable bonds is 4. The van der Waals surface area contributed by atoms with Crippen LogP contribution in [-0.2, 0) is 5.75 Å². The van der Waals surface area contributed by atoms with Crippen LogP contribution in [0.5, 0.6) is 17.2 Å². The van der Waals surface area contributed by atoms with Gasteiger partial charge in [-0.05, 0) is 30.3 Å². The second-order valence-corrected chi connectivity index (χ2v) is 4.83. The van der Waals surface area contributed by atoms with E-state index >= 15 is 0 Å². The van der Waals surface area contributed by atoms with Crippen LogP contribution in [0.1, 0.15) is 5.56 Å². The average Bonchev–Trinajstić information content (AvgIpc) is 2.38. The van der Waals surface area contributed by atoms with Gasteiger partial charge in [0.2, 0.25) is 0 Å². The molecule has 2 aromatic carbocycles. The molecular formula is C14H14O3S. The summed E-state index contributed by atoms with van der Waals surface area (Å²) in [5, 5.41) is 18.9. The van der Waals surface area contributed by atoms with E-state index in [1.165, 1.54) is 6.07 Å². The smallest absolute Gasteiger partial charge is 0.123 e. The molecule has 0 bridgehead atoms. The summed E-state index contributed by atoms with van der Waals surface area (Å²) >= 11 is 1.62. The maximum atomic E-state index is 9.66. The first-order valence-electron chi connectivity index (χ1n) is 5.47. The van der Waals surface area contributed by atoms with Gasteiger partial charge in [0.15, 0.2) is 0 Å². The SMILES string of the molecule is COc1ccc(SCc2ccc(O)cc2O)cc1. The highest BCUT2D eigenvalue weighted by Gasteiger charge is 2.03. The third-order valence-corrected chi connectivity index (χ3v) is 3.58. The van der Waals surface area contributed by atoms with Crippen LogP contribution in [-0.4, -0.2) is 17.3 Å². The molecule has 0 aromatic heterocycles. The van der Waals surface area contributed by atoms with E-state index in [0.717, 1.165) is 16.2 Å². The maximum Gasteiger partial charge on any atom is 0.123 e. The molecule has 0 amide bonds. The lowest BCUT2D eigenvalue weighted by Crippen LogP contribution is -1.83. The molecule has 2 aromatic rings. The van der Waals surface area contributed by atoms with Crippen molar-refractivity contribution in [2.45, 2.75) is 10.6 Å². The molecule has 0 aliphatic rings. The number of hydrogen-bond acceptors (Lipinski definition) is 4. The van der Waals surface area contributed by atoms with Gasteiger partial charge in [0.25, 0.3) is 0 Å². The van der Waals surface area contributed by atoms with Gasteiger partial charge in [-0.1, -0.05) is 6.07 Å². The highest BCUT2D eigenvalue weighted by Crippen LogP contribution is 2.30. The van der Waals surface area contributed by atoms with Crippen molar-refractivity contribution < 1.29 is 14.9 Å². The highest BCUT2D eigenvalue weighted by atomic mass is 32.2. The number of hydrogen-bond donors (Lipinski definition) is 2. The number of phenols is 2. The topological polar surface area (TPSA) is 49.7 Å². The van der Waals surface area contributed by atoms with E-state index in [2.05, 4.69) is 0 Å². The summed E-state index contributed by atoms with van der Waals surface area (Å²) in [4.78, 5) is 1.10. The van der Waals surface area contributed by atoms with Crippen molar-refractivity contribution in [3.8, 4) is 17.2 Å². The van der Waals surface area contributed by atoms with Crippen molar-refractivity contribution in [3.63, 3.8) is 0 Å². The molecule has 0 atom stereocenters. The van der Waals surface area contributed by atoms with Gasteiger partial charge in [0.05, 0.1) is 7.11 Å². The van der Waals surface area contributed by atoms with Crippen LogP contribution in [0.3, 0.4) is 0 Å². The Kier molecular flexibility index (Phi) is 3.99. The Labute approximate surface area is 110 Å². The van der Waals surface area contributed by atoms with E-state index in [9.17, 15) is 10.2 Å². The molecule has 0 heterocycles. The summed E-state index contributed by atoms with van der Waals surface area (Å²) in [5.74, 6) is 1.67. The minimum absolute atomic E-state index is 0.0747. The summed E-state index contributed by atoms with van der Waals surface area (Å²) in [6.45, 7) is 0. The molecular weight excluding hydrogens is 248 g/mol. The molecule has 3 nitrogen and oxygen atoms in total. The van der Waals surface area contributed by atoms with Gasteiger partial charge >= 0.3 is 0 Å². The molecule has 2 rings (SSSR count). The third kappa shape index (κ3) is 3.11. The van der Waals surface area contributed by atoms with Crippen molar-refractivity contribution in [2.75, 3.05) is 7.11 Å². The summed E-state index contributed by atoms with van der Waals surface area (Å²) < 4.78 is 5.09. The number of aromatic hydroxyl groups is 2. The summed E-state index contributed by atoms with van der Waals surface area (Å²) in [6.07, 6.45) is 0. The van der Waals surface area contributed by atoms with Gasteiger partial charge in [-0.25, -0.2) is 0 Å². The Morgan fingerprint density at radius 1 is 1.06 bits per heavy atom. The Bertz CT molecular complexity index is 523. The standard InChI is InChI=1S/C14H14O3S/c1-17-12-4-6-13(7-5-12)18-9-10-2-3-11(15)8-14(10)16/h2-8,15-16H,9H2,1H3. The van der Waals surface area contributed by atoms with Crippen molar-refractivity contribution >= 4 is 11.8 Å². The van der Waals surface area contributed by atoms with Gasteiger partial charge in [-0.3, -0.25) is 0 Å². The van der Waals surface area contributed by atoms with E-state index in [4.69, 9.17) is 4.74 Å². The quantitative estimate of drug-likeness (QED) is 0.829. The number of thioether (sulfide) groups is 1. The lowest BCUT2D eigenvalue weighted by Gasteiger charge is -2.06. The third-order valence-electron chi connectivity index (χ3n) is 2.52. The van der Waals surface area contributed by atoms with E-state index < -0.39 is 0 Å². The highest BCUT2D eigenvalue weighted by molar-refractivity contribution is 7.98. The minimum atomic E-state index is 0.0747. The number of benzene rings is 2. The van der Waals surface area contributed by atoms with Crippen LogP contribution >= 0.6 is 11.8 Å². The maximum absolute atomic E-state index is 9.66. The molecule has 4 heteroatoms. The molecule has 0 unspecified atom stereocenters. The largest absolute Gasteiger partial charge is 0.508 e. The van der Waals surface area contributed by atoms with Crippen molar-refractivity contribution in [1.82, 2.24) is 0 Å². The molecule has 0 spiro atoms. The Morgan fingerprint density at radius 2 is 1.78 bits per heavy atom. The van der Waals surface area contributed by atoms with Gasteiger partial charge in [-0.2, -0.15) is 0 Å². The van der Waals surface area contributed by atoms with Crippen molar-refractivity contribution in [3.05, 3.63) is 48.0 Å². The predicted octanol–water partition coefficient (Wildman–Crippen LogP) is 3.40. The van der Waals surface area contributed by atoms with Crippen LogP contribution in [0.25, 0.3) is 0 Å².